The standard InChI is InChI=1S/C27H26N2O9/c1-38-26(36)12-4-10(6-14(28)7-12)15-2-3-17(30)20-16(15)8-11-5-13-9-18(31)21(25(29)35)24(34)27(13,37)23(33)19(11)22(20)32/h2-4,6-7,11,13,18,21,30-31,33,37H,5,8-9,28H2,1H3,(H2,29,35)/t11-,13+,18?,21?,27+/m1/s1. The molecule has 1 amide bonds. The molecule has 2 unspecified atom stereocenters. The van der Waals surface area contributed by atoms with Gasteiger partial charge in [-0.25, -0.2) is 4.79 Å². The number of carbonyl (C=O) groups excluding carboxylic acids is 4. The Morgan fingerprint density at radius 1 is 1.11 bits per heavy atom. The zero-order chi connectivity index (χ0) is 27.7. The summed E-state index contributed by atoms with van der Waals surface area (Å²) in [6.07, 6.45) is -1.48. The van der Waals surface area contributed by atoms with Crippen molar-refractivity contribution in [3.05, 3.63) is 58.4 Å². The Bertz CT molecular complexity index is 1460. The molecule has 8 N–H and O–H groups in total. The molecule has 3 aliphatic carbocycles. The highest BCUT2D eigenvalue weighted by Gasteiger charge is 2.62. The number of ketones is 2. The second-order valence-corrected chi connectivity index (χ2v) is 10.1. The van der Waals surface area contributed by atoms with Crippen molar-refractivity contribution in [3.63, 3.8) is 0 Å². The van der Waals surface area contributed by atoms with Crippen LogP contribution in [-0.2, 0) is 20.7 Å². The van der Waals surface area contributed by atoms with Crippen LogP contribution in [0, 0.1) is 17.8 Å². The van der Waals surface area contributed by atoms with Crippen molar-refractivity contribution in [2.45, 2.75) is 31.0 Å². The number of esters is 1. The zero-order valence-corrected chi connectivity index (χ0v) is 20.3. The number of methoxy groups -OCH3 is 1. The fourth-order valence-electron chi connectivity index (χ4n) is 6.24. The third-order valence-electron chi connectivity index (χ3n) is 7.96. The fraction of sp³-hybridized carbons (Fsp3) is 0.333. The van der Waals surface area contributed by atoms with Gasteiger partial charge in [0.05, 0.1) is 24.3 Å². The van der Waals surface area contributed by atoms with Gasteiger partial charge in [0.25, 0.3) is 0 Å². The van der Waals surface area contributed by atoms with Gasteiger partial charge in [-0.1, -0.05) is 6.07 Å². The number of phenolic OH excluding ortho intramolecular Hbond substituents is 1. The molecule has 1 fully saturated rings. The molecular weight excluding hydrogens is 496 g/mol. The van der Waals surface area contributed by atoms with Gasteiger partial charge in [-0.3, -0.25) is 14.4 Å². The molecule has 1 saturated carbocycles. The summed E-state index contributed by atoms with van der Waals surface area (Å²) in [6.45, 7) is 0. The normalized spacial score (nSPS) is 28.3. The Morgan fingerprint density at radius 3 is 2.47 bits per heavy atom. The lowest BCUT2D eigenvalue weighted by atomic mass is 9.57. The number of anilines is 1. The van der Waals surface area contributed by atoms with E-state index in [2.05, 4.69) is 0 Å². The van der Waals surface area contributed by atoms with Gasteiger partial charge >= 0.3 is 5.97 Å². The second-order valence-electron chi connectivity index (χ2n) is 10.1. The molecule has 0 bridgehead atoms. The number of hydrogen-bond donors (Lipinski definition) is 6. The van der Waals surface area contributed by atoms with E-state index < -0.39 is 58.7 Å². The first-order chi connectivity index (χ1) is 17.9. The van der Waals surface area contributed by atoms with Crippen LogP contribution in [-0.4, -0.2) is 62.7 Å². The van der Waals surface area contributed by atoms with E-state index in [1.807, 2.05) is 0 Å². The number of aromatic hydroxyl groups is 1. The number of carbonyl (C=O) groups is 4. The highest BCUT2D eigenvalue weighted by molar-refractivity contribution is 6.16. The molecule has 11 heteroatoms. The van der Waals surface area contributed by atoms with Gasteiger partial charge in [0.15, 0.2) is 17.2 Å². The summed E-state index contributed by atoms with van der Waals surface area (Å²) in [5.41, 5.74) is 10.2. The third kappa shape index (κ3) is 3.50. The number of fused-ring (bicyclic) bond motifs is 3. The van der Waals surface area contributed by atoms with Gasteiger partial charge in [0, 0.05) is 17.2 Å². The van der Waals surface area contributed by atoms with E-state index in [0.717, 1.165) is 0 Å². The summed E-state index contributed by atoms with van der Waals surface area (Å²) in [5, 5.41) is 43.6. The third-order valence-corrected chi connectivity index (χ3v) is 7.96. The maximum atomic E-state index is 13.7. The van der Waals surface area contributed by atoms with E-state index in [1.165, 1.54) is 19.2 Å². The zero-order valence-electron chi connectivity index (χ0n) is 20.3. The average Bonchev–Trinajstić information content (AvgIpc) is 2.85. The van der Waals surface area contributed by atoms with Crippen LogP contribution in [0.1, 0.15) is 39.1 Å². The molecule has 2 aromatic rings. The van der Waals surface area contributed by atoms with E-state index >= 15 is 0 Å². The Balaban J connectivity index is 1.67. The van der Waals surface area contributed by atoms with Crippen molar-refractivity contribution < 1.29 is 44.3 Å². The summed E-state index contributed by atoms with van der Waals surface area (Å²) in [4.78, 5) is 50.8. The molecule has 0 heterocycles. The van der Waals surface area contributed by atoms with Crippen LogP contribution < -0.4 is 11.5 Å². The van der Waals surface area contributed by atoms with Crippen molar-refractivity contribution in [2.75, 3.05) is 12.8 Å². The monoisotopic (exact) mass is 522 g/mol. The fourth-order valence-corrected chi connectivity index (χ4v) is 6.24. The number of phenols is 1. The van der Waals surface area contributed by atoms with Crippen LogP contribution in [0.25, 0.3) is 11.1 Å². The number of amides is 1. The van der Waals surface area contributed by atoms with Crippen LogP contribution in [0.15, 0.2) is 41.7 Å². The van der Waals surface area contributed by atoms with Gasteiger partial charge in [-0.05, 0) is 66.1 Å². The lowest BCUT2D eigenvalue weighted by Crippen LogP contribution is -2.63. The molecule has 38 heavy (non-hydrogen) atoms. The summed E-state index contributed by atoms with van der Waals surface area (Å²) in [6, 6.07) is 7.46. The molecule has 2 aromatic carbocycles. The number of allylic oxidation sites excluding steroid dienone is 1. The molecule has 0 aliphatic heterocycles. The summed E-state index contributed by atoms with van der Waals surface area (Å²) in [5.74, 6) is -8.37. The molecule has 198 valence electrons. The number of aliphatic hydroxyl groups is 3. The van der Waals surface area contributed by atoms with Crippen LogP contribution in [0.3, 0.4) is 0 Å². The quantitative estimate of drug-likeness (QED) is 0.189. The molecule has 0 saturated heterocycles. The number of primary amides is 1. The number of ether oxygens (including phenoxy) is 1. The van der Waals surface area contributed by atoms with E-state index in [4.69, 9.17) is 16.2 Å². The molecule has 5 rings (SSSR count). The predicted octanol–water partition coefficient (Wildman–Crippen LogP) is 0.781. The number of hydrogen-bond acceptors (Lipinski definition) is 10. The Labute approximate surface area is 216 Å². The minimum Gasteiger partial charge on any atom is -0.508 e. The van der Waals surface area contributed by atoms with Gasteiger partial charge in [0.2, 0.25) is 5.91 Å². The van der Waals surface area contributed by atoms with Gasteiger partial charge in [-0.15, -0.1) is 0 Å². The average molecular weight is 523 g/mol. The van der Waals surface area contributed by atoms with E-state index in [0.29, 0.717) is 16.7 Å². The van der Waals surface area contributed by atoms with Crippen molar-refractivity contribution in [3.8, 4) is 16.9 Å². The number of nitrogen functional groups attached to an aromatic ring is 1. The Morgan fingerprint density at radius 2 is 1.82 bits per heavy atom. The summed E-state index contributed by atoms with van der Waals surface area (Å²) in [7, 11) is 1.23. The predicted molar refractivity (Wildman–Crippen MR) is 132 cm³/mol. The number of nitrogens with two attached hydrogens (primary N) is 2. The minimum atomic E-state index is -2.57. The summed E-state index contributed by atoms with van der Waals surface area (Å²) >= 11 is 0. The highest BCUT2D eigenvalue weighted by Crippen LogP contribution is 2.52. The van der Waals surface area contributed by atoms with Crippen LogP contribution in [0.4, 0.5) is 5.69 Å². The highest BCUT2D eigenvalue weighted by atomic mass is 16.5. The van der Waals surface area contributed by atoms with Gasteiger partial charge in [-0.2, -0.15) is 0 Å². The maximum absolute atomic E-state index is 13.7. The van der Waals surface area contributed by atoms with Crippen molar-refractivity contribution in [1.29, 1.82) is 0 Å². The van der Waals surface area contributed by atoms with Crippen LogP contribution >= 0.6 is 0 Å². The van der Waals surface area contributed by atoms with Gasteiger partial charge < -0.3 is 36.6 Å². The van der Waals surface area contributed by atoms with Crippen LogP contribution in [0.5, 0.6) is 5.75 Å². The Hall–Kier alpha value is -4.22. The first-order valence-corrected chi connectivity index (χ1v) is 12.0. The molecule has 3 aliphatic rings. The van der Waals surface area contributed by atoms with Crippen molar-refractivity contribution >= 4 is 29.1 Å². The van der Waals surface area contributed by atoms with E-state index in [-0.39, 0.29) is 47.4 Å². The smallest absolute Gasteiger partial charge is 0.337 e. The first-order valence-electron chi connectivity index (χ1n) is 12.0. The van der Waals surface area contributed by atoms with E-state index in [1.54, 1.807) is 18.2 Å². The van der Waals surface area contributed by atoms with Crippen LogP contribution in [0.2, 0.25) is 0 Å². The van der Waals surface area contributed by atoms with E-state index in [9.17, 15) is 39.6 Å². The molecule has 0 radical (unpaired) electrons. The number of aliphatic hydroxyl groups excluding tert-OH is 2. The number of Topliss-reactive ketones (excluding diaryl/α,β-unsaturated/α-hetero) is 2. The molecule has 0 aromatic heterocycles. The lowest BCUT2D eigenvalue weighted by Gasteiger charge is -2.48. The number of rotatable bonds is 3. The van der Waals surface area contributed by atoms with Crippen molar-refractivity contribution in [2.24, 2.45) is 23.5 Å². The Kier molecular flexibility index (Phi) is 5.80. The molecular formula is C27H26N2O9. The molecule has 0 spiro atoms. The molecule has 5 atom stereocenters. The van der Waals surface area contributed by atoms with Gasteiger partial charge in [0.1, 0.15) is 17.4 Å². The summed E-state index contributed by atoms with van der Waals surface area (Å²) < 4.78 is 4.79. The van der Waals surface area contributed by atoms with Crippen molar-refractivity contribution in [1.82, 2.24) is 0 Å². The SMILES string of the molecule is COC(=O)c1cc(N)cc(-c2ccc(O)c3c2C[C@H]2C[C@H]4CC(O)C(C(N)=O)C(=O)[C@@]4(O)C(O)=C2C3=O)c1. The topological polar surface area (TPSA) is 210 Å². The molecule has 11 nitrogen and oxygen atoms in total. The first kappa shape index (κ1) is 25.4. The second kappa shape index (κ2) is 8.67. The number of benzene rings is 2. The largest absolute Gasteiger partial charge is 0.508 e. The maximum Gasteiger partial charge on any atom is 0.337 e. The minimum absolute atomic E-state index is 0.0365. The lowest BCUT2D eigenvalue weighted by molar-refractivity contribution is -0.167.